The van der Waals surface area contributed by atoms with E-state index in [1.165, 1.54) is 0 Å². The molecule has 2 N–H and O–H groups in total. The number of benzene rings is 1. The number of hydrogen-bond donors (Lipinski definition) is 2. The normalized spacial score (nSPS) is 11.3. The van der Waals surface area contributed by atoms with Gasteiger partial charge in [-0.1, -0.05) is 13.8 Å². The van der Waals surface area contributed by atoms with Gasteiger partial charge in [0.1, 0.15) is 5.52 Å². The number of oxazole rings is 1. The van der Waals surface area contributed by atoms with Crippen LogP contribution in [0.2, 0.25) is 0 Å². The Balaban J connectivity index is 1.77. The molecule has 0 unspecified atom stereocenters. The van der Waals surface area contributed by atoms with Gasteiger partial charge in [-0.15, -0.1) is 0 Å². The predicted octanol–water partition coefficient (Wildman–Crippen LogP) is 2.91. The van der Waals surface area contributed by atoms with Gasteiger partial charge in [0, 0.05) is 29.3 Å². The van der Waals surface area contributed by atoms with Crippen molar-refractivity contribution in [3.8, 4) is 0 Å². The number of fused-ring (bicyclic) bond motifs is 1. The fourth-order valence-corrected chi connectivity index (χ4v) is 2.16. The molecule has 1 amide bonds. The van der Waals surface area contributed by atoms with E-state index in [0.717, 1.165) is 16.8 Å². The second kappa shape index (κ2) is 5.63. The summed E-state index contributed by atoms with van der Waals surface area (Å²) >= 11 is 0. The molecule has 3 aromatic rings. The number of hydrogen-bond acceptors (Lipinski definition) is 4. The lowest BCUT2D eigenvalue weighted by molar-refractivity contribution is 0.0951. The minimum Gasteiger partial charge on any atom is -0.440 e. The second-order valence-electron chi connectivity index (χ2n) is 5.59. The Morgan fingerprint density at radius 3 is 2.91 bits per heavy atom. The van der Waals surface area contributed by atoms with Crippen LogP contribution in [0.1, 0.15) is 47.3 Å². The van der Waals surface area contributed by atoms with Gasteiger partial charge in [0.15, 0.2) is 11.5 Å². The minimum absolute atomic E-state index is 0.148. The molecule has 0 saturated heterocycles. The van der Waals surface area contributed by atoms with Crippen molar-refractivity contribution in [2.45, 2.75) is 33.2 Å². The molecule has 0 spiro atoms. The van der Waals surface area contributed by atoms with Crippen LogP contribution in [0.5, 0.6) is 0 Å². The van der Waals surface area contributed by atoms with Crippen LogP contribution in [0, 0.1) is 6.92 Å². The van der Waals surface area contributed by atoms with Crippen LogP contribution in [0.3, 0.4) is 0 Å². The van der Waals surface area contributed by atoms with E-state index in [9.17, 15) is 4.79 Å². The van der Waals surface area contributed by atoms with Gasteiger partial charge in [-0.2, -0.15) is 5.10 Å². The van der Waals surface area contributed by atoms with Crippen LogP contribution in [-0.2, 0) is 6.54 Å². The third kappa shape index (κ3) is 2.72. The molecule has 1 aromatic carbocycles. The van der Waals surface area contributed by atoms with E-state index >= 15 is 0 Å². The Hall–Kier alpha value is -2.63. The standard InChI is InChI=1S/C16H18N4O2/c1-9(2)16-19-13-5-4-11(6-14(13)22-16)15(21)17-7-12-8-18-20-10(12)3/h4-6,8-9H,7H2,1-3H3,(H,17,21)(H,18,20). The van der Waals surface area contributed by atoms with Crippen molar-refractivity contribution in [2.75, 3.05) is 0 Å². The lowest BCUT2D eigenvalue weighted by atomic mass is 10.2. The van der Waals surface area contributed by atoms with Crippen molar-refractivity contribution < 1.29 is 9.21 Å². The molecular weight excluding hydrogens is 280 g/mol. The summed E-state index contributed by atoms with van der Waals surface area (Å²) in [6.45, 7) is 6.40. The Morgan fingerprint density at radius 2 is 2.23 bits per heavy atom. The molecule has 0 saturated carbocycles. The van der Waals surface area contributed by atoms with Crippen molar-refractivity contribution in [3.63, 3.8) is 0 Å². The van der Waals surface area contributed by atoms with E-state index < -0.39 is 0 Å². The Kier molecular flexibility index (Phi) is 3.66. The highest BCUT2D eigenvalue weighted by atomic mass is 16.3. The van der Waals surface area contributed by atoms with E-state index in [-0.39, 0.29) is 11.8 Å². The van der Waals surface area contributed by atoms with Crippen molar-refractivity contribution in [1.29, 1.82) is 0 Å². The third-order valence-electron chi connectivity index (χ3n) is 3.53. The first-order chi connectivity index (χ1) is 10.5. The number of aryl methyl sites for hydroxylation is 1. The molecule has 6 nitrogen and oxygen atoms in total. The highest BCUT2D eigenvalue weighted by Crippen LogP contribution is 2.22. The number of nitrogens with one attached hydrogen (secondary N) is 2. The van der Waals surface area contributed by atoms with Gasteiger partial charge in [-0.25, -0.2) is 4.98 Å². The van der Waals surface area contributed by atoms with Gasteiger partial charge < -0.3 is 9.73 Å². The quantitative estimate of drug-likeness (QED) is 0.775. The molecule has 0 aliphatic carbocycles. The largest absolute Gasteiger partial charge is 0.440 e. The van der Waals surface area contributed by atoms with Gasteiger partial charge in [-0.3, -0.25) is 9.89 Å². The van der Waals surface area contributed by atoms with Gasteiger partial charge >= 0.3 is 0 Å². The summed E-state index contributed by atoms with van der Waals surface area (Å²) in [7, 11) is 0. The lowest BCUT2D eigenvalue weighted by Gasteiger charge is -2.04. The van der Waals surface area contributed by atoms with E-state index in [0.29, 0.717) is 23.6 Å². The number of nitrogens with zero attached hydrogens (tertiary/aromatic N) is 2. The van der Waals surface area contributed by atoms with Gasteiger partial charge in [0.05, 0.1) is 6.20 Å². The fraction of sp³-hybridized carbons (Fsp3) is 0.312. The summed E-state index contributed by atoms with van der Waals surface area (Å²) in [5.41, 5.74) is 3.88. The maximum atomic E-state index is 12.2. The number of aromatic nitrogens is 3. The smallest absolute Gasteiger partial charge is 0.251 e. The maximum Gasteiger partial charge on any atom is 0.251 e. The first kappa shape index (κ1) is 14.3. The van der Waals surface area contributed by atoms with E-state index in [4.69, 9.17) is 4.42 Å². The molecule has 6 heteroatoms. The molecule has 114 valence electrons. The molecule has 0 radical (unpaired) electrons. The Morgan fingerprint density at radius 1 is 1.41 bits per heavy atom. The van der Waals surface area contributed by atoms with Crippen molar-refractivity contribution in [3.05, 3.63) is 47.1 Å². The second-order valence-corrected chi connectivity index (χ2v) is 5.59. The van der Waals surface area contributed by atoms with Gasteiger partial charge in [0.25, 0.3) is 5.91 Å². The third-order valence-corrected chi connectivity index (χ3v) is 3.53. The maximum absolute atomic E-state index is 12.2. The monoisotopic (exact) mass is 298 g/mol. The van der Waals surface area contributed by atoms with Crippen molar-refractivity contribution in [1.82, 2.24) is 20.5 Å². The molecular formula is C16H18N4O2. The first-order valence-corrected chi connectivity index (χ1v) is 7.22. The Bertz CT molecular complexity index is 817. The molecule has 0 aliphatic rings. The highest BCUT2D eigenvalue weighted by molar-refractivity contribution is 5.97. The van der Waals surface area contributed by atoms with Crippen molar-refractivity contribution >= 4 is 17.0 Å². The van der Waals surface area contributed by atoms with Gasteiger partial charge in [0.2, 0.25) is 0 Å². The zero-order valence-electron chi connectivity index (χ0n) is 12.8. The van der Waals surface area contributed by atoms with Crippen LogP contribution in [0.25, 0.3) is 11.1 Å². The topological polar surface area (TPSA) is 83.8 Å². The summed E-state index contributed by atoms with van der Waals surface area (Å²) in [5.74, 6) is 0.750. The number of H-pyrrole nitrogens is 1. The van der Waals surface area contributed by atoms with E-state index in [1.807, 2.05) is 26.8 Å². The average Bonchev–Trinajstić information content (AvgIpc) is 3.09. The van der Waals surface area contributed by atoms with E-state index in [2.05, 4.69) is 20.5 Å². The summed E-state index contributed by atoms with van der Waals surface area (Å²) in [6.07, 6.45) is 1.71. The first-order valence-electron chi connectivity index (χ1n) is 7.22. The number of carbonyl (C=O) groups is 1. The number of rotatable bonds is 4. The molecule has 2 aromatic heterocycles. The highest BCUT2D eigenvalue weighted by Gasteiger charge is 2.13. The molecule has 2 heterocycles. The van der Waals surface area contributed by atoms with Crippen LogP contribution in [-0.4, -0.2) is 21.1 Å². The minimum atomic E-state index is -0.148. The zero-order chi connectivity index (χ0) is 15.7. The molecule has 0 atom stereocenters. The summed E-state index contributed by atoms with van der Waals surface area (Å²) in [5, 5.41) is 9.65. The Labute approximate surface area is 127 Å². The SMILES string of the molecule is Cc1[nH]ncc1CNC(=O)c1ccc2nc(C(C)C)oc2c1. The van der Waals surface area contributed by atoms with Crippen LogP contribution in [0.15, 0.2) is 28.8 Å². The zero-order valence-corrected chi connectivity index (χ0v) is 12.8. The lowest BCUT2D eigenvalue weighted by Crippen LogP contribution is -2.22. The van der Waals surface area contributed by atoms with Crippen LogP contribution in [0.4, 0.5) is 0 Å². The molecule has 0 fully saturated rings. The van der Waals surface area contributed by atoms with Crippen LogP contribution < -0.4 is 5.32 Å². The molecule has 0 bridgehead atoms. The summed E-state index contributed by atoms with van der Waals surface area (Å²) < 4.78 is 5.68. The van der Waals surface area contributed by atoms with Gasteiger partial charge in [-0.05, 0) is 25.1 Å². The summed E-state index contributed by atoms with van der Waals surface area (Å²) in [6, 6.07) is 5.29. The van der Waals surface area contributed by atoms with E-state index in [1.54, 1.807) is 18.3 Å². The summed E-state index contributed by atoms with van der Waals surface area (Å²) in [4.78, 5) is 16.6. The molecule has 0 aliphatic heterocycles. The fourth-order valence-electron chi connectivity index (χ4n) is 2.16. The predicted molar refractivity (Wildman–Crippen MR) is 82.6 cm³/mol. The average molecular weight is 298 g/mol. The van der Waals surface area contributed by atoms with Crippen LogP contribution >= 0.6 is 0 Å². The number of aromatic amines is 1. The molecule has 3 rings (SSSR count). The molecule has 22 heavy (non-hydrogen) atoms. The number of amides is 1. The van der Waals surface area contributed by atoms with Crippen molar-refractivity contribution in [2.24, 2.45) is 0 Å². The number of carbonyl (C=O) groups excluding carboxylic acids is 1.